The number of hydrogen-bond acceptors (Lipinski definition) is 3. The maximum Gasteiger partial charge on any atom is 0.168 e. The van der Waals surface area contributed by atoms with E-state index in [4.69, 9.17) is 9.47 Å². The van der Waals surface area contributed by atoms with E-state index in [1.54, 1.807) is 0 Å². The van der Waals surface area contributed by atoms with Gasteiger partial charge >= 0.3 is 0 Å². The predicted octanol–water partition coefficient (Wildman–Crippen LogP) is 2.01. The molecule has 1 saturated carbocycles. The molecule has 0 aromatic carbocycles. The van der Waals surface area contributed by atoms with Gasteiger partial charge < -0.3 is 14.4 Å². The highest BCUT2D eigenvalue weighted by molar-refractivity contribution is 4.85. The van der Waals surface area contributed by atoms with Crippen molar-refractivity contribution < 1.29 is 9.47 Å². The standard InChI is InChI=1S/C12H23NO2/c1-3-8-13(2)11-4-6-12(7-5-11)14-9-10-15-12/h11H,3-10H2,1-2H3. The van der Waals surface area contributed by atoms with Gasteiger partial charge in [-0.2, -0.15) is 0 Å². The molecule has 0 radical (unpaired) electrons. The van der Waals surface area contributed by atoms with Gasteiger partial charge in [0, 0.05) is 18.9 Å². The van der Waals surface area contributed by atoms with E-state index in [0.717, 1.165) is 32.1 Å². The molecule has 2 fully saturated rings. The summed E-state index contributed by atoms with van der Waals surface area (Å²) in [6.07, 6.45) is 5.83. The van der Waals surface area contributed by atoms with Gasteiger partial charge in [-0.05, 0) is 32.9 Å². The van der Waals surface area contributed by atoms with Crippen LogP contribution in [-0.4, -0.2) is 43.5 Å². The molecule has 2 rings (SSSR count). The minimum atomic E-state index is -0.191. The first kappa shape index (κ1) is 11.4. The second-order valence-electron chi connectivity index (χ2n) is 4.82. The Kier molecular flexibility index (Phi) is 3.65. The molecule has 2 aliphatic rings. The second kappa shape index (κ2) is 4.81. The van der Waals surface area contributed by atoms with Crippen LogP contribution in [0.1, 0.15) is 39.0 Å². The van der Waals surface area contributed by atoms with Crippen molar-refractivity contribution in [2.75, 3.05) is 26.8 Å². The van der Waals surface area contributed by atoms with Gasteiger partial charge in [-0.25, -0.2) is 0 Å². The fraction of sp³-hybridized carbons (Fsp3) is 1.00. The molecule has 1 heterocycles. The van der Waals surface area contributed by atoms with Crippen LogP contribution in [0.2, 0.25) is 0 Å². The normalized spacial score (nSPS) is 26.6. The van der Waals surface area contributed by atoms with Crippen LogP contribution in [-0.2, 0) is 9.47 Å². The SMILES string of the molecule is CCCN(C)C1CCC2(CC1)OCCO2. The lowest BCUT2D eigenvalue weighted by atomic mass is 9.89. The summed E-state index contributed by atoms with van der Waals surface area (Å²) >= 11 is 0. The van der Waals surface area contributed by atoms with Crippen molar-refractivity contribution >= 4 is 0 Å². The zero-order chi connectivity index (χ0) is 10.7. The van der Waals surface area contributed by atoms with Crippen LogP contribution in [0.25, 0.3) is 0 Å². The average molecular weight is 213 g/mol. The highest BCUT2D eigenvalue weighted by Gasteiger charge is 2.40. The van der Waals surface area contributed by atoms with Crippen LogP contribution in [0.5, 0.6) is 0 Å². The van der Waals surface area contributed by atoms with E-state index in [2.05, 4.69) is 18.9 Å². The third kappa shape index (κ3) is 2.52. The van der Waals surface area contributed by atoms with Crippen molar-refractivity contribution in [3.63, 3.8) is 0 Å². The van der Waals surface area contributed by atoms with Crippen LogP contribution in [0.4, 0.5) is 0 Å². The molecule has 15 heavy (non-hydrogen) atoms. The number of hydrogen-bond donors (Lipinski definition) is 0. The molecule has 1 aliphatic carbocycles. The van der Waals surface area contributed by atoms with Crippen molar-refractivity contribution in [2.45, 2.75) is 50.9 Å². The van der Waals surface area contributed by atoms with E-state index in [9.17, 15) is 0 Å². The van der Waals surface area contributed by atoms with Gasteiger partial charge in [-0.15, -0.1) is 0 Å². The Hall–Kier alpha value is -0.120. The Morgan fingerprint density at radius 2 is 1.80 bits per heavy atom. The van der Waals surface area contributed by atoms with Crippen molar-refractivity contribution in [3.8, 4) is 0 Å². The number of nitrogens with zero attached hydrogens (tertiary/aromatic N) is 1. The van der Waals surface area contributed by atoms with Crippen LogP contribution >= 0.6 is 0 Å². The molecule has 1 aliphatic heterocycles. The van der Waals surface area contributed by atoms with Crippen LogP contribution in [0.3, 0.4) is 0 Å². The Morgan fingerprint density at radius 1 is 1.20 bits per heavy atom. The summed E-state index contributed by atoms with van der Waals surface area (Å²) in [7, 11) is 2.24. The molecule has 0 unspecified atom stereocenters. The minimum absolute atomic E-state index is 0.191. The first-order valence-corrected chi connectivity index (χ1v) is 6.24. The summed E-state index contributed by atoms with van der Waals surface area (Å²) < 4.78 is 11.5. The van der Waals surface area contributed by atoms with Gasteiger partial charge in [0.2, 0.25) is 0 Å². The zero-order valence-electron chi connectivity index (χ0n) is 10.00. The van der Waals surface area contributed by atoms with E-state index in [1.807, 2.05) is 0 Å². The van der Waals surface area contributed by atoms with Crippen molar-refractivity contribution in [3.05, 3.63) is 0 Å². The molecule has 0 aromatic heterocycles. The first-order chi connectivity index (χ1) is 7.26. The molecule has 0 N–H and O–H groups in total. The van der Waals surface area contributed by atoms with E-state index < -0.39 is 0 Å². The van der Waals surface area contributed by atoms with Crippen molar-refractivity contribution in [1.82, 2.24) is 4.90 Å². The molecule has 0 aromatic rings. The number of ether oxygens (including phenoxy) is 2. The number of rotatable bonds is 3. The molecule has 3 nitrogen and oxygen atoms in total. The maximum atomic E-state index is 5.73. The molecule has 0 atom stereocenters. The second-order valence-corrected chi connectivity index (χ2v) is 4.82. The molecule has 3 heteroatoms. The van der Waals surface area contributed by atoms with E-state index in [0.29, 0.717) is 0 Å². The van der Waals surface area contributed by atoms with Crippen molar-refractivity contribution in [2.24, 2.45) is 0 Å². The Morgan fingerprint density at radius 3 is 2.33 bits per heavy atom. The van der Waals surface area contributed by atoms with Gasteiger partial charge in [0.25, 0.3) is 0 Å². The monoisotopic (exact) mass is 213 g/mol. The van der Waals surface area contributed by atoms with Gasteiger partial charge in [-0.1, -0.05) is 6.92 Å². The summed E-state index contributed by atoms with van der Waals surface area (Å²) in [5.74, 6) is -0.191. The Balaban J connectivity index is 1.81. The van der Waals surface area contributed by atoms with E-state index >= 15 is 0 Å². The molecule has 1 saturated heterocycles. The van der Waals surface area contributed by atoms with Crippen LogP contribution < -0.4 is 0 Å². The van der Waals surface area contributed by atoms with Crippen molar-refractivity contribution in [1.29, 1.82) is 0 Å². The molecular formula is C12H23NO2. The quantitative estimate of drug-likeness (QED) is 0.716. The van der Waals surface area contributed by atoms with E-state index in [1.165, 1.54) is 25.8 Å². The summed E-state index contributed by atoms with van der Waals surface area (Å²) in [6, 6.07) is 0.739. The van der Waals surface area contributed by atoms with E-state index in [-0.39, 0.29) is 5.79 Å². The highest BCUT2D eigenvalue weighted by Crippen LogP contribution is 2.36. The summed E-state index contributed by atoms with van der Waals surface area (Å²) in [5, 5.41) is 0. The lowest BCUT2D eigenvalue weighted by Crippen LogP contribution is -2.43. The van der Waals surface area contributed by atoms with Gasteiger partial charge in [0.1, 0.15) is 0 Å². The molecule has 0 amide bonds. The Labute approximate surface area is 92.7 Å². The summed E-state index contributed by atoms with van der Waals surface area (Å²) in [5.41, 5.74) is 0. The van der Waals surface area contributed by atoms with Crippen LogP contribution in [0, 0.1) is 0 Å². The minimum Gasteiger partial charge on any atom is -0.348 e. The molecule has 1 spiro atoms. The smallest absolute Gasteiger partial charge is 0.168 e. The zero-order valence-corrected chi connectivity index (χ0v) is 10.00. The fourth-order valence-corrected chi connectivity index (χ4v) is 2.80. The molecule has 88 valence electrons. The molecule has 0 bridgehead atoms. The third-order valence-electron chi connectivity index (χ3n) is 3.73. The van der Waals surface area contributed by atoms with Gasteiger partial charge in [-0.3, -0.25) is 0 Å². The largest absolute Gasteiger partial charge is 0.348 e. The first-order valence-electron chi connectivity index (χ1n) is 6.24. The van der Waals surface area contributed by atoms with Gasteiger partial charge in [0.05, 0.1) is 13.2 Å². The Bertz CT molecular complexity index is 192. The fourth-order valence-electron chi connectivity index (χ4n) is 2.80. The third-order valence-corrected chi connectivity index (χ3v) is 3.73. The topological polar surface area (TPSA) is 21.7 Å². The molecular weight excluding hydrogens is 190 g/mol. The lowest BCUT2D eigenvalue weighted by Gasteiger charge is -2.39. The summed E-state index contributed by atoms with van der Waals surface area (Å²) in [4.78, 5) is 2.49. The highest BCUT2D eigenvalue weighted by atomic mass is 16.7. The van der Waals surface area contributed by atoms with Gasteiger partial charge in [0.15, 0.2) is 5.79 Å². The maximum absolute atomic E-state index is 5.73. The average Bonchev–Trinajstić information content (AvgIpc) is 2.68. The van der Waals surface area contributed by atoms with Crippen LogP contribution in [0.15, 0.2) is 0 Å². The predicted molar refractivity (Wildman–Crippen MR) is 59.8 cm³/mol. The lowest BCUT2D eigenvalue weighted by molar-refractivity contribution is -0.183. The summed E-state index contributed by atoms with van der Waals surface area (Å²) in [6.45, 7) is 5.02.